The molecule has 2 aromatic carbocycles. The van der Waals surface area contributed by atoms with E-state index in [-0.39, 0.29) is 6.54 Å². The van der Waals surface area contributed by atoms with Crippen molar-refractivity contribution in [3.05, 3.63) is 67.0 Å². The average Bonchev–Trinajstić information content (AvgIpc) is 2.70. The second-order valence-corrected chi connectivity index (χ2v) is 7.66. The summed E-state index contributed by atoms with van der Waals surface area (Å²) in [5.41, 5.74) is 0.769. The summed E-state index contributed by atoms with van der Waals surface area (Å²) in [6.07, 6.45) is 2.97. The predicted molar refractivity (Wildman–Crippen MR) is 115 cm³/mol. The topological polar surface area (TPSA) is 78.2 Å². The third kappa shape index (κ3) is 5.23. The highest BCUT2D eigenvalue weighted by atomic mass is 16.6. The van der Waals surface area contributed by atoms with Gasteiger partial charge in [-0.25, -0.2) is 4.79 Å². The summed E-state index contributed by atoms with van der Waals surface area (Å²) in [5.74, 6) is 0. The number of hydrogen-bond acceptors (Lipinski definition) is 5. The molecule has 6 nitrogen and oxygen atoms in total. The summed E-state index contributed by atoms with van der Waals surface area (Å²) >= 11 is 0. The van der Waals surface area contributed by atoms with Crippen molar-refractivity contribution in [3.63, 3.8) is 0 Å². The van der Waals surface area contributed by atoms with E-state index in [9.17, 15) is 10.1 Å². The number of rotatable bonds is 5. The lowest BCUT2D eigenvalue weighted by Crippen LogP contribution is -2.43. The number of nitriles is 1. The molecule has 0 saturated heterocycles. The number of nitrogens with one attached hydrogen (secondary N) is 1. The Morgan fingerprint density at radius 2 is 1.83 bits per heavy atom. The van der Waals surface area contributed by atoms with Crippen LogP contribution in [0.5, 0.6) is 0 Å². The molecule has 0 spiro atoms. The van der Waals surface area contributed by atoms with Crippen LogP contribution in [-0.4, -0.2) is 29.3 Å². The van der Waals surface area contributed by atoms with Crippen LogP contribution in [0, 0.1) is 11.3 Å². The number of nitrogens with zero attached hydrogens (tertiary/aromatic N) is 3. The number of amides is 1. The molecule has 0 fully saturated rings. The fourth-order valence-electron chi connectivity index (χ4n) is 2.93. The van der Waals surface area contributed by atoms with E-state index in [4.69, 9.17) is 4.74 Å². The average molecular weight is 388 g/mol. The largest absolute Gasteiger partial charge is 0.443 e. The van der Waals surface area contributed by atoms with Crippen LogP contribution < -0.4 is 10.2 Å². The first-order chi connectivity index (χ1) is 13.9. The van der Waals surface area contributed by atoms with Gasteiger partial charge in [0, 0.05) is 22.7 Å². The Kier molecular flexibility index (Phi) is 5.99. The van der Waals surface area contributed by atoms with Gasteiger partial charge >= 0.3 is 6.09 Å². The van der Waals surface area contributed by atoms with Gasteiger partial charge in [0.25, 0.3) is 0 Å². The third-order valence-electron chi connectivity index (χ3n) is 4.20. The van der Waals surface area contributed by atoms with E-state index in [0.29, 0.717) is 5.69 Å². The van der Waals surface area contributed by atoms with Gasteiger partial charge in [-0.15, -0.1) is 0 Å². The first-order valence-electron chi connectivity index (χ1n) is 9.42. The summed E-state index contributed by atoms with van der Waals surface area (Å²) < 4.78 is 5.56. The van der Waals surface area contributed by atoms with Gasteiger partial charge in [0.15, 0.2) is 0 Å². The van der Waals surface area contributed by atoms with Crippen molar-refractivity contribution in [2.24, 2.45) is 0 Å². The van der Waals surface area contributed by atoms with Crippen molar-refractivity contribution in [3.8, 4) is 6.07 Å². The number of para-hydroxylation sites is 1. The second-order valence-electron chi connectivity index (χ2n) is 7.66. The van der Waals surface area contributed by atoms with Crippen LogP contribution >= 0.6 is 0 Å². The highest BCUT2D eigenvalue weighted by Crippen LogP contribution is 2.23. The number of carbonyl (C=O) groups excluding carboxylic acids is 1. The van der Waals surface area contributed by atoms with Crippen molar-refractivity contribution < 1.29 is 9.53 Å². The molecule has 6 heteroatoms. The molecule has 1 atom stereocenters. The summed E-state index contributed by atoms with van der Waals surface area (Å²) in [6.45, 7) is 5.57. The maximum Gasteiger partial charge on any atom is 0.414 e. The van der Waals surface area contributed by atoms with Crippen LogP contribution in [0.25, 0.3) is 10.8 Å². The number of fused-ring (bicyclic) bond motifs is 1. The smallest absolute Gasteiger partial charge is 0.414 e. The number of aromatic nitrogens is 1. The Bertz CT molecular complexity index is 1020. The van der Waals surface area contributed by atoms with E-state index in [1.165, 1.54) is 4.90 Å². The lowest BCUT2D eigenvalue weighted by Gasteiger charge is -2.29. The summed E-state index contributed by atoms with van der Waals surface area (Å²) in [5, 5.41) is 14.9. The van der Waals surface area contributed by atoms with Gasteiger partial charge in [-0.05, 0) is 32.9 Å². The quantitative estimate of drug-likeness (QED) is 0.667. The predicted octanol–water partition coefficient (Wildman–Crippen LogP) is 4.98. The molecule has 0 aliphatic rings. The Morgan fingerprint density at radius 1 is 1.14 bits per heavy atom. The number of carbonyl (C=O) groups is 1. The molecule has 1 heterocycles. The van der Waals surface area contributed by atoms with Gasteiger partial charge in [0.1, 0.15) is 11.6 Å². The Labute approximate surface area is 170 Å². The van der Waals surface area contributed by atoms with E-state index in [1.807, 2.05) is 75.4 Å². The lowest BCUT2D eigenvalue weighted by molar-refractivity contribution is 0.0580. The van der Waals surface area contributed by atoms with Gasteiger partial charge in [-0.1, -0.05) is 42.5 Å². The zero-order valence-corrected chi connectivity index (χ0v) is 16.8. The minimum atomic E-state index is -0.657. The van der Waals surface area contributed by atoms with Crippen molar-refractivity contribution in [2.75, 3.05) is 16.8 Å². The first-order valence-corrected chi connectivity index (χ1v) is 9.42. The van der Waals surface area contributed by atoms with Crippen LogP contribution in [0.15, 0.2) is 67.0 Å². The molecule has 0 bridgehead atoms. The van der Waals surface area contributed by atoms with Crippen molar-refractivity contribution in [1.82, 2.24) is 4.98 Å². The van der Waals surface area contributed by atoms with Gasteiger partial charge in [-0.3, -0.25) is 9.88 Å². The van der Waals surface area contributed by atoms with Crippen molar-refractivity contribution in [2.45, 2.75) is 32.4 Å². The fraction of sp³-hybridized carbons (Fsp3) is 0.261. The maximum atomic E-state index is 12.8. The zero-order valence-electron chi connectivity index (χ0n) is 16.8. The Balaban J connectivity index is 1.86. The molecule has 1 N–H and O–H groups in total. The van der Waals surface area contributed by atoms with Crippen molar-refractivity contribution >= 4 is 28.2 Å². The van der Waals surface area contributed by atoms with Gasteiger partial charge in [0.05, 0.1) is 24.5 Å². The normalized spacial score (nSPS) is 12.1. The molecule has 29 heavy (non-hydrogen) atoms. The summed E-state index contributed by atoms with van der Waals surface area (Å²) in [6, 6.07) is 18.6. The van der Waals surface area contributed by atoms with Crippen LogP contribution in [0.2, 0.25) is 0 Å². The number of anilines is 2. The number of pyridine rings is 1. The fourth-order valence-corrected chi connectivity index (χ4v) is 2.93. The monoisotopic (exact) mass is 388 g/mol. The SMILES string of the molecule is CC(C)(C)OC(=O)N(CC(C#N)Nc1cncc2ccccc12)c1ccccc1. The molecule has 1 unspecified atom stereocenters. The van der Waals surface area contributed by atoms with Gasteiger partial charge < -0.3 is 10.1 Å². The van der Waals surface area contributed by atoms with E-state index < -0.39 is 17.7 Å². The number of hydrogen-bond donors (Lipinski definition) is 1. The first kappa shape index (κ1) is 20.2. The molecule has 3 aromatic rings. The van der Waals surface area contributed by atoms with E-state index in [2.05, 4.69) is 16.4 Å². The summed E-state index contributed by atoms with van der Waals surface area (Å²) in [4.78, 5) is 18.6. The maximum absolute atomic E-state index is 12.8. The van der Waals surface area contributed by atoms with E-state index in [0.717, 1.165) is 16.5 Å². The van der Waals surface area contributed by atoms with E-state index in [1.54, 1.807) is 12.4 Å². The molecule has 148 valence electrons. The number of ether oxygens (including phenoxy) is 1. The van der Waals surface area contributed by atoms with Crippen LogP contribution in [0.4, 0.5) is 16.2 Å². The van der Waals surface area contributed by atoms with Gasteiger partial charge in [0.2, 0.25) is 0 Å². The molecule has 3 rings (SSSR count). The lowest BCUT2D eigenvalue weighted by atomic mass is 10.1. The van der Waals surface area contributed by atoms with Crippen LogP contribution in [-0.2, 0) is 4.74 Å². The molecule has 1 aromatic heterocycles. The molecule has 0 radical (unpaired) electrons. The molecule has 0 aliphatic heterocycles. The molecule has 0 saturated carbocycles. The standard InChI is InChI=1S/C23H24N4O2/c1-23(2,3)29-22(28)27(19-10-5-4-6-11-19)16-18(13-24)26-21-15-25-14-17-9-7-8-12-20(17)21/h4-12,14-15,18,26H,16H2,1-3H3. The number of benzene rings is 2. The third-order valence-corrected chi connectivity index (χ3v) is 4.20. The Hall–Kier alpha value is -3.59. The van der Waals surface area contributed by atoms with Gasteiger partial charge in [-0.2, -0.15) is 5.26 Å². The highest BCUT2D eigenvalue weighted by Gasteiger charge is 2.26. The van der Waals surface area contributed by atoms with E-state index >= 15 is 0 Å². The Morgan fingerprint density at radius 3 is 2.52 bits per heavy atom. The molecular weight excluding hydrogens is 364 g/mol. The van der Waals surface area contributed by atoms with Crippen LogP contribution in [0.1, 0.15) is 20.8 Å². The summed E-state index contributed by atoms with van der Waals surface area (Å²) in [7, 11) is 0. The zero-order chi connectivity index (χ0) is 20.9. The minimum Gasteiger partial charge on any atom is -0.443 e. The second kappa shape index (κ2) is 8.61. The molecular formula is C23H24N4O2. The highest BCUT2D eigenvalue weighted by molar-refractivity contribution is 5.93. The van der Waals surface area contributed by atoms with Crippen molar-refractivity contribution in [1.29, 1.82) is 5.26 Å². The van der Waals surface area contributed by atoms with Crippen LogP contribution in [0.3, 0.4) is 0 Å². The minimum absolute atomic E-state index is 0.124. The molecule has 0 aliphatic carbocycles. The molecule has 1 amide bonds.